The lowest BCUT2D eigenvalue weighted by molar-refractivity contribution is 0.0389. The summed E-state index contributed by atoms with van der Waals surface area (Å²) in [5, 5.41) is 7.82. The second-order valence-corrected chi connectivity index (χ2v) is 6.47. The van der Waals surface area contributed by atoms with Gasteiger partial charge in [-0.25, -0.2) is 0 Å². The minimum absolute atomic E-state index is 0.518. The van der Waals surface area contributed by atoms with Gasteiger partial charge < -0.3 is 14.8 Å². The monoisotopic (exact) mass is 414 g/mol. The molecule has 8 heteroatoms. The Hall–Kier alpha value is -1.22. The molecule has 6 nitrogen and oxygen atoms in total. The summed E-state index contributed by atoms with van der Waals surface area (Å²) in [7, 11) is 0. The van der Waals surface area contributed by atoms with Crippen LogP contribution in [0, 0.1) is 0 Å². The molecule has 24 heavy (non-hydrogen) atoms. The van der Waals surface area contributed by atoms with Crippen molar-refractivity contribution in [2.75, 3.05) is 46.0 Å². The summed E-state index contributed by atoms with van der Waals surface area (Å²) < 4.78 is 11.7. The lowest BCUT2D eigenvalue weighted by Gasteiger charge is -2.26. The molecule has 2 N–H and O–H groups in total. The van der Waals surface area contributed by atoms with Gasteiger partial charge >= 0.3 is 0 Å². The molecular weight excluding hydrogens is 392 g/mol. The lowest BCUT2D eigenvalue weighted by atomic mass is 10.2. The van der Waals surface area contributed by atoms with Gasteiger partial charge in [-0.2, -0.15) is 5.10 Å². The van der Waals surface area contributed by atoms with Crippen molar-refractivity contribution in [3.05, 3.63) is 28.2 Å². The zero-order valence-electron chi connectivity index (χ0n) is 13.8. The van der Waals surface area contributed by atoms with Crippen LogP contribution in [0.1, 0.15) is 12.5 Å². The van der Waals surface area contributed by atoms with Gasteiger partial charge in [0, 0.05) is 26.2 Å². The summed E-state index contributed by atoms with van der Waals surface area (Å²) in [6, 6.07) is 5.80. The van der Waals surface area contributed by atoms with Gasteiger partial charge in [-0.1, -0.05) is 0 Å². The minimum atomic E-state index is 0.518. The molecule has 1 aliphatic rings. The summed E-state index contributed by atoms with van der Waals surface area (Å²) in [5.74, 6) is 0.822. The number of hydrogen-bond acceptors (Lipinski definition) is 5. The number of benzene rings is 1. The van der Waals surface area contributed by atoms with Crippen LogP contribution < -0.4 is 15.5 Å². The van der Waals surface area contributed by atoms with Crippen LogP contribution in [0.15, 0.2) is 27.8 Å². The Morgan fingerprint density at radius 1 is 1.46 bits per heavy atom. The van der Waals surface area contributed by atoms with E-state index in [1.165, 1.54) is 0 Å². The Morgan fingerprint density at radius 2 is 2.25 bits per heavy atom. The van der Waals surface area contributed by atoms with Gasteiger partial charge in [0.1, 0.15) is 5.75 Å². The van der Waals surface area contributed by atoms with Crippen LogP contribution in [0.5, 0.6) is 5.75 Å². The first-order valence-corrected chi connectivity index (χ1v) is 9.18. The maximum atomic E-state index is 5.48. The summed E-state index contributed by atoms with van der Waals surface area (Å²) >= 11 is 8.69. The fraction of sp³-hybridized carbons (Fsp3) is 0.500. The second kappa shape index (κ2) is 10.6. The third-order valence-corrected chi connectivity index (χ3v) is 4.31. The first-order chi connectivity index (χ1) is 11.7. The fourth-order valence-corrected chi connectivity index (χ4v) is 2.89. The van der Waals surface area contributed by atoms with Crippen molar-refractivity contribution < 1.29 is 9.47 Å². The molecule has 0 radical (unpaired) electrons. The van der Waals surface area contributed by atoms with Crippen molar-refractivity contribution in [1.82, 2.24) is 15.6 Å². The molecule has 0 aliphatic carbocycles. The third-order valence-electron chi connectivity index (χ3n) is 3.45. The van der Waals surface area contributed by atoms with E-state index in [1.54, 1.807) is 6.21 Å². The first-order valence-electron chi connectivity index (χ1n) is 7.98. The molecule has 0 bridgehead atoms. The number of halogens is 1. The number of rotatable bonds is 7. The van der Waals surface area contributed by atoms with Crippen LogP contribution in [0.3, 0.4) is 0 Å². The first kappa shape index (κ1) is 19.1. The van der Waals surface area contributed by atoms with E-state index in [2.05, 4.69) is 36.7 Å². The molecule has 1 aromatic rings. The average molecular weight is 415 g/mol. The Kier molecular flexibility index (Phi) is 8.44. The van der Waals surface area contributed by atoms with Gasteiger partial charge in [0.05, 0.1) is 30.5 Å². The third kappa shape index (κ3) is 6.72. The van der Waals surface area contributed by atoms with Crippen molar-refractivity contribution in [3.63, 3.8) is 0 Å². The topological polar surface area (TPSA) is 58.1 Å². The molecule has 0 unspecified atom stereocenters. The molecule has 0 amide bonds. The molecular formula is C16H23BrN4O2S. The van der Waals surface area contributed by atoms with Gasteiger partial charge in [-0.3, -0.25) is 10.3 Å². The molecule has 0 aromatic heterocycles. The highest BCUT2D eigenvalue weighted by Crippen LogP contribution is 2.25. The van der Waals surface area contributed by atoms with E-state index in [1.807, 2.05) is 25.1 Å². The quantitative estimate of drug-likeness (QED) is 0.404. The van der Waals surface area contributed by atoms with Crippen molar-refractivity contribution in [2.45, 2.75) is 6.92 Å². The van der Waals surface area contributed by atoms with Crippen molar-refractivity contribution >= 4 is 39.5 Å². The number of ether oxygens (including phenoxy) is 2. The molecule has 2 rings (SSSR count). The van der Waals surface area contributed by atoms with Gasteiger partial charge in [0.2, 0.25) is 0 Å². The molecule has 0 atom stereocenters. The SMILES string of the molecule is CCOc1ccc(/C=N/NC(=S)NCCN2CCOCC2)cc1Br. The molecule has 1 saturated heterocycles. The number of hydrazone groups is 1. The van der Waals surface area contributed by atoms with E-state index in [0.29, 0.717) is 11.7 Å². The van der Waals surface area contributed by atoms with Gasteiger partial charge in [-0.15, -0.1) is 0 Å². The largest absolute Gasteiger partial charge is 0.493 e. The maximum absolute atomic E-state index is 5.48. The highest BCUT2D eigenvalue weighted by atomic mass is 79.9. The number of thiocarbonyl (C=S) groups is 1. The van der Waals surface area contributed by atoms with Crippen LogP contribution in [-0.4, -0.2) is 62.2 Å². The number of hydrogen-bond donors (Lipinski definition) is 2. The lowest BCUT2D eigenvalue weighted by Crippen LogP contribution is -2.42. The van der Waals surface area contributed by atoms with Crippen LogP contribution in [-0.2, 0) is 4.74 Å². The predicted octanol–water partition coefficient (Wildman–Crippen LogP) is 1.98. The predicted molar refractivity (Wildman–Crippen MR) is 104 cm³/mol. The molecule has 1 fully saturated rings. The summed E-state index contributed by atoms with van der Waals surface area (Å²) in [4.78, 5) is 2.35. The van der Waals surface area contributed by atoms with Crippen LogP contribution in [0.2, 0.25) is 0 Å². The van der Waals surface area contributed by atoms with Crippen LogP contribution >= 0.6 is 28.1 Å². The second-order valence-electron chi connectivity index (χ2n) is 5.20. The van der Waals surface area contributed by atoms with Crippen LogP contribution in [0.4, 0.5) is 0 Å². The van der Waals surface area contributed by atoms with E-state index in [9.17, 15) is 0 Å². The maximum Gasteiger partial charge on any atom is 0.187 e. The van der Waals surface area contributed by atoms with Crippen molar-refractivity contribution in [3.8, 4) is 5.75 Å². The normalized spacial score (nSPS) is 15.4. The molecule has 0 saturated carbocycles. The summed E-state index contributed by atoms with van der Waals surface area (Å²) in [5.41, 5.74) is 3.78. The fourth-order valence-electron chi connectivity index (χ4n) is 2.23. The van der Waals surface area contributed by atoms with E-state index in [-0.39, 0.29) is 0 Å². The molecule has 132 valence electrons. The zero-order chi connectivity index (χ0) is 17.2. The van der Waals surface area contributed by atoms with Crippen molar-refractivity contribution in [1.29, 1.82) is 0 Å². The molecule has 0 spiro atoms. The molecule has 1 heterocycles. The average Bonchev–Trinajstić information content (AvgIpc) is 2.58. The highest BCUT2D eigenvalue weighted by molar-refractivity contribution is 9.10. The van der Waals surface area contributed by atoms with E-state index in [0.717, 1.165) is 55.2 Å². The van der Waals surface area contributed by atoms with Crippen molar-refractivity contribution in [2.24, 2.45) is 5.10 Å². The Morgan fingerprint density at radius 3 is 2.96 bits per heavy atom. The number of morpholine rings is 1. The number of nitrogens with one attached hydrogen (secondary N) is 2. The highest BCUT2D eigenvalue weighted by Gasteiger charge is 2.09. The van der Waals surface area contributed by atoms with Gasteiger partial charge in [-0.05, 0) is 58.8 Å². The van der Waals surface area contributed by atoms with E-state index in [4.69, 9.17) is 21.7 Å². The standard InChI is InChI=1S/C16H23BrN4O2S/c1-2-23-15-4-3-13(11-14(15)17)12-19-20-16(24)18-5-6-21-7-9-22-10-8-21/h3-4,11-12H,2,5-10H2,1H3,(H2,18,20,24)/b19-12+. The summed E-state index contributed by atoms with van der Waals surface area (Å²) in [6.07, 6.45) is 1.72. The minimum Gasteiger partial charge on any atom is -0.493 e. The van der Waals surface area contributed by atoms with Gasteiger partial charge in [0.25, 0.3) is 0 Å². The smallest absolute Gasteiger partial charge is 0.187 e. The Balaban J connectivity index is 1.68. The molecule has 1 aromatic carbocycles. The number of nitrogens with zero attached hydrogens (tertiary/aromatic N) is 2. The van der Waals surface area contributed by atoms with Gasteiger partial charge in [0.15, 0.2) is 5.11 Å². The van der Waals surface area contributed by atoms with Crippen LogP contribution in [0.25, 0.3) is 0 Å². The zero-order valence-corrected chi connectivity index (χ0v) is 16.2. The summed E-state index contributed by atoms with van der Waals surface area (Å²) in [6.45, 7) is 7.90. The van der Waals surface area contributed by atoms with E-state index >= 15 is 0 Å². The Bertz CT molecular complexity index is 565. The Labute approximate surface area is 156 Å². The molecule has 1 aliphatic heterocycles. The van der Waals surface area contributed by atoms with E-state index < -0.39 is 0 Å².